The van der Waals surface area contributed by atoms with Crippen LogP contribution in [0.2, 0.25) is 0 Å². The van der Waals surface area contributed by atoms with Crippen LogP contribution in [-0.2, 0) is 13.1 Å². The Hall–Kier alpha value is -1.48. The van der Waals surface area contributed by atoms with E-state index in [0.717, 1.165) is 13.1 Å². The Morgan fingerprint density at radius 3 is 2.37 bits per heavy atom. The Labute approximate surface area is 182 Å². The molecule has 0 unspecified atom stereocenters. The van der Waals surface area contributed by atoms with E-state index in [9.17, 15) is 4.39 Å². The molecule has 7 heteroatoms. The van der Waals surface area contributed by atoms with Crippen LogP contribution in [0.5, 0.6) is 0 Å². The van der Waals surface area contributed by atoms with Gasteiger partial charge in [-0.15, -0.1) is 24.0 Å². The van der Waals surface area contributed by atoms with Crippen molar-refractivity contribution < 1.29 is 4.39 Å². The predicted molar refractivity (Wildman–Crippen MR) is 125 cm³/mol. The van der Waals surface area contributed by atoms with Gasteiger partial charge in [-0.2, -0.15) is 11.8 Å². The van der Waals surface area contributed by atoms with Crippen molar-refractivity contribution in [2.24, 2.45) is 4.99 Å². The summed E-state index contributed by atoms with van der Waals surface area (Å²) < 4.78 is 13.7. The molecule has 1 heterocycles. The number of hydrogen-bond donors (Lipinski definition) is 2. The average Bonchev–Trinajstić information content (AvgIpc) is 2.70. The highest BCUT2D eigenvalue weighted by atomic mass is 127. The summed E-state index contributed by atoms with van der Waals surface area (Å²) in [6.45, 7) is 3.31. The van der Waals surface area contributed by atoms with Crippen molar-refractivity contribution >= 4 is 47.4 Å². The Kier molecular flexibility index (Phi) is 9.20. The summed E-state index contributed by atoms with van der Waals surface area (Å²) in [6.07, 6.45) is 0. The van der Waals surface area contributed by atoms with Crippen molar-refractivity contribution in [3.63, 3.8) is 0 Å². The normalized spacial score (nSPS) is 14.4. The lowest BCUT2D eigenvalue weighted by molar-refractivity contribution is 0.604. The zero-order valence-electron chi connectivity index (χ0n) is 15.5. The molecule has 0 bridgehead atoms. The third-order valence-electron chi connectivity index (χ3n) is 4.40. The van der Waals surface area contributed by atoms with Crippen LogP contribution in [0.1, 0.15) is 11.1 Å². The number of aliphatic imine (C=N–C) groups is 1. The van der Waals surface area contributed by atoms with Crippen LogP contribution in [0.25, 0.3) is 0 Å². The molecule has 2 aromatic carbocycles. The molecule has 2 N–H and O–H groups in total. The van der Waals surface area contributed by atoms with Crippen LogP contribution in [-0.4, -0.2) is 37.6 Å². The standard InChI is InChI=1S/C20H25FN4S.HI/c1-22-20(24-15-17-4-2-3-5-19(17)21)23-14-16-6-8-18(9-7-16)25-10-12-26-13-11-25;/h2-9H,10-15H2,1H3,(H2,22,23,24);1H. The maximum absolute atomic E-state index is 13.7. The van der Waals surface area contributed by atoms with E-state index < -0.39 is 0 Å². The number of nitrogens with zero attached hydrogens (tertiary/aromatic N) is 2. The molecule has 0 saturated carbocycles. The van der Waals surface area contributed by atoms with E-state index in [1.807, 2.05) is 17.8 Å². The molecule has 1 saturated heterocycles. The molecule has 27 heavy (non-hydrogen) atoms. The fourth-order valence-corrected chi connectivity index (χ4v) is 3.78. The molecule has 1 aliphatic heterocycles. The fraction of sp³-hybridized carbons (Fsp3) is 0.350. The second-order valence-corrected chi connectivity index (χ2v) is 7.36. The first-order valence-corrected chi connectivity index (χ1v) is 10.0. The number of rotatable bonds is 5. The highest BCUT2D eigenvalue weighted by molar-refractivity contribution is 14.0. The Bertz CT molecular complexity index is 733. The lowest BCUT2D eigenvalue weighted by Gasteiger charge is -2.28. The summed E-state index contributed by atoms with van der Waals surface area (Å²) in [4.78, 5) is 6.63. The van der Waals surface area contributed by atoms with Gasteiger partial charge < -0.3 is 15.5 Å². The molecular formula is C20H26FIN4S. The van der Waals surface area contributed by atoms with Crippen LogP contribution in [0.3, 0.4) is 0 Å². The summed E-state index contributed by atoms with van der Waals surface area (Å²) in [6, 6.07) is 15.4. The quantitative estimate of drug-likeness (QED) is 0.372. The van der Waals surface area contributed by atoms with Gasteiger partial charge in [-0.05, 0) is 23.8 Å². The first kappa shape index (κ1) is 21.8. The van der Waals surface area contributed by atoms with Gasteiger partial charge in [0.05, 0.1) is 0 Å². The number of benzene rings is 2. The molecule has 0 amide bonds. The number of anilines is 1. The first-order valence-electron chi connectivity index (χ1n) is 8.86. The van der Waals surface area contributed by atoms with Crippen LogP contribution < -0.4 is 15.5 Å². The number of guanidine groups is 1. The highest BCUT2D eigenvalue weighted by Crippen LogP contribution is 2.19. The predicted octanol–water partition coefficient (Wildman–Crippen LogP) is 3.86. The van der Waals surface area contributed by atoms with E-state index in [1.54, 1.807) is 19.2 Å². The Morgan fingerprint density at radius 2 is 1.70 bits per heavy atom. The lowest BCUT2D eigenvalue weighted by Crippen LogP contribution is -2.36. The van der Waals surface area contributed by atoms with E-state index >= 15 is 0 Å². The highest BCUT2D eigenvalue weighted by Gasteiger charge is 2.10. The first-order chi connectivity index (χ1) is 12.8. The zero-order chi connectivity index (χ0) is 18.2. The van der Waals surface area contributed by atoms with Crippen molar-refractivity contribution in [2.45, 2.75) is 13.1 Å². The SMILES string of the molecule is CN=C(NCc1ccc(N2CCSCC2)cc1)NCc1ccccc1F.I. The summed E-state index contributed by atoms with van der Waals surface area (Å²) in [5.41, 5.74) is 3.10. The minimum atomic E-state index is -0.206. The largest absolute Gasteiger partial charge is 0.370 e. The number of nitrogens with one attached hydrogen (secondary N) is 2. The zero-order valence-corrected chi connectivity index (χ0v) is 18.6. The molecule has 0 radical (unpaired) electrons. The van der Waals surface area contributed by atoms with Crippen LogP contribution in [0.15, 0.2) is 53.5 Å². The summed E-state index contributed by atoms with van der Waals surface area (Å²) in [5.74, 6) is 2.85. The number of hydrogen-bond acceptors (Lipinski definition) is 3. The molecule has 0 aliphatic carbocycles. The van der Waals surface area contributed by atoms with Crippen molar-refractivity contribution in [3.8, 4) is 0 Å². The smallest absolute Gasteiger partial charge is 0.191 e. The van der Waals surface area contributed by atoms with Crippen LogP contribution >= 0.6 is 35.7 Å². The minimum Gasteiger partial charge on any atom is -0.370 e. The van der Waals surface area contributed by atoms with Gasteiger partial charge in [0.25, 0.3) is 0 Å². The van der Waals surface area contributed by atoms with Crippen molar-refractivity contribution in [1.29, 1.82) is 0 Å². The van der Waals surface area contributed by atoms with Gasteiger partial charge in [0.15, 0.2) is 5.96 Å². The van der Waals surface area contributed by atoms with E-state index in [-0.39, 0.29) is 29.8 Å². The number of halogens is 2. The third-order valence-corrected chi connectivity index (χ3v) is 5.34. The topological polar surface area (TPSA) is 39.7 Å². The second-order valence-electron chi connectivity index (χ2n) is 6.14. The van der Waals surface area contributed by atoms with Gasteiger partial charge in [-0.1, -0.05) is 30.3 Å². The molecule has 0 aromatic heterocycles. The van der Waals surface area contributed by atoms with Gasteiger partial charge >= 0.3 is 0 Å². The van der Waals surface area contributed by atoms with Gasteiger partial charge in [-0.25, -0.2) is 4.39 Å². The van der Waals surface area contributed by atoms with Gasteiger partial charge in [0, 0.05) is 56.0 Å². The van der Waals surface area contributed by atoms with E-state index in [0.29, 0.717) is 24.6 Å². The monoisotopic (exact) mass is 500 g/mol. The van der Waals surface area contributed by atoms with Gasteiger partial charge in [0.2, 0.25) is 0 Å². The molecular weight excluding hydrogens is 474 g/mol. The molecule has 0 spiro atoms. The Balaban J connectivity index is 0.00000261. The van der Waals surface area contributed by atoms with Gasteiger partial charge in [0.1, 0.15) is 5.82 Å². The molecule has 1 aliphatic rings. The average molecular weight is 500 g/mol. The number of thioether (sulfide) groups is 1. The van der Waals surface area contributed by atoms with Crippen molar-refractivity contribution in [3.05, 3.63) is 65.5 Å². The maximum atomic E-state index is 13.7. The molecule has 2 aromatic rings. The lowest BCUT2D eigenvalue weighted by atomic mass is 10.2. The molecule has 146 valence electrons. The summed E-state index contributed by atoms with van der Waals surface area (Å²) in [7, 11) is 1.72. The van der Waals surface area contributed by atoms with E-state index in [2.05, 4.69) is 44.8 Å². The molecule has 3 rings (SSSR count). The maximum Gasteiger partial charge on any atom is 0.191 e. The second kappa shape index (κ2) is 11.4. The van der Waals surface area contributed by atoms with Crippen LogP contribution in [0, 0.1) is 5.82 Å². The third kappa shape index (κ3) is 6.57. The Morgan fingerprint density at radius 1 is 1.04 bits per heavy atom. The summed E-state index contributed by atoms with van der Waals surface area (Å²) in [5, 5.41) is 6.42. The minimum absolute atomic E-state index is 0. The van der Waals surface area contributed by atoms with Crippen molar-refractivity contribution in [2.75, 3.05) is 36.5 Å². The van der Waals surface area contributed by atoms with E-state index in [1.165, 1.54) is 28.8 Å². The summed E-state index contributed by atoms with van der Waals surface area (Å²) >= 11 is 2.02. The molecule has 0 atom stereocenters. The molecule has 4 nitrogen and oxygen atoms in total. The van der Waals surface area contributed by atoms with Crippen molar-refractivity contribution in [1.82, 2.24) is 10.6 Å². The fourth-order valence-electron chi connectivity index (χ4n) is 2.87. The van der Waals surface area contributed by atoms with E-state index in [4.69, 9.17) is 0 Å². The van der Waals surface area contributed by atoms with Crippen LogP contribution in [0.4, 0.5) is 10.1 Å². The molecule has 1 fully saturated rings. The van der Waals surface area contributed by atoms with Gasteiger partial charge in [-0.3, -0.25) is 4.99 Å².